The van der Waals surface area contributed by atoms with Crippen LogP contribution in [0.5, 0.6) is 0 Å². The van der Waals surface area contributed by atoms with Crippen molar-refractivity contribution in [3.8, 4) is 0 Å². The summed E-state index contributed by atoms with van der Waals surface area (Å²) in [6.45, 7) is 8.41. The molecule has 3 fully saturated rings. The van der Waals surface area contributed by atoms with Gasteiger partial charge in [0.25, 0.3) is 12.4 Å². The minimum atomic E-state index is -2.21. The first-order valence-electron chi connectivity index (χ1n) is 20.7. The van der Waals surface area contributed by atoms with Crippen LogP contribution >= 0.6 is 24.0 Å². The summed E-state index contributed by atoms with van der Waals surface area (Å²) in [5.41, 5.74) is -6.17. The average Bonchev–Trinajstić information content (AvgIpc) is 3.22. The lowest BCUT2D eigenvalue weighted by Gasteiger charge is -2.67. The van der Waals surface area contributed by atoms with E-state index in [2.05, 4.69) is 12.2 Å². The van der Waals surface area contributed by atoms with Crippen molar-refractivity contribution in [2.24, 2.45) is 16.7 Å². The fourth-order valence-electron chi connectivity index (χ4n) is 10.0. The molecule has 2 aromatic rings. The molecule has 5 N–H and O–H groups in total. The largest absolute Gasteiger partial charge is 0.466 e. The van der Waals surface area contributed by atoms with Gasteiger partial charge >= 0.3 is 5.97 Å². The summed E-state index contributed by atoms with van der Waals surface area (Å²) in [5.74, 6) is -3.20. The summed E-state index contributed by atoms with van der Waals surface area (Å²) in [7, 11) is 0. The summed E-state index contributed by atoms with van der Waals surface area (Å²) >= 11 is 7.07. The Kier molecular flexibility index (Phi) is 14.0. The Labute approximate surface area is 360 Å². The Bertz CT molecular complexity index is 1950. The SMILES string of the molecule is CCCCCCCSC(=S)O[C@@]12COC1C[C@H](O)[C@@]1(C)C(=O)[C@H](O)C3=C(C)[C@@H](OC(=O)[C@H](O)[C@@H](NC(=O)c4ccccc4)c4ccccc4)C[C@@](O)([C@@H](OC=O)[C@@H]12)C3(C)C. The van der Waals surface area contributed by atoms with Gasteiger partial charge in [0.15, 0.2) is 17.5 Å². The molecule has 1 aliphatic heterocycles. The highest BCUT2D eigenvalue weighted by atomic mass is 32.2. The van der Waals surface area contributed by atoms with Crippen LogP contribution < -0.4 is 5.32 Å². The Morgan fingerprint density at radius 1 is 1.03 bits per heavy atom. The van der Waals surface area contributed by atoms with Crippen molar-refractivity contribution in [3.05, 3.63) is 82.9 Å². The molecule has 6 rings (SSSR count). The zero-order valence-electron chi connectivity index (χ0n) is 34.7. The number of aliphatic hydroxyl groups excluding tert-OH is 3. The van der Waals surface area contributed by atoms with Crippen molar-refractivity contribution in [2.75, 3.05) is 12.4 Å². The minimum absolute atomic E-state index is 0.00741. The van der Waals surface area contributed by atoms with Gasteiger partial charge in [-0.2, -0.15) is 0 Å². The third-order valence-electron chi connectivity index (χ3n) is 13.6. The quantitative estimate of drug-likeness (QED) is 0.0532. The summed E-state index contributed by atoms with van der Waals surface area (Å²) in [4.78, 5) is 55.0. The number of esters is 1. The first-order chi connectivity index (χ1) is 28.5. The molecular formula is C45H57NO12S2. The number of rotatable bonds is 15. The Morgan fingerprint density at radius 2 is 1.68 bits per heavy atom. The van der Waals surface area contributed by atoms with Gasteiger partial charge in [0.05, 0.1) is 30.1 Å². The number of aliphatic hydroxyl groups is 4. The van der Waals surface area contributed by atoms with Crippen LogP contribution in [0.1, 0.15) is 102 Å². The van der Waals surface area contributed by atoms with Gasteiger partial charge in [0.1, 0.15) is 30.0 Å². The van der Waals surface area contributed by atoms with Crippen LogP contribution in [-0.2, 0) is 33.3 Å². The fourth-order valence-corrected chi connectivity index (χ4v) is 11.2. The second-order valence-electron chi connectivity index (χ2n) is 17.2. The predicted octanol–water partition coefficient (Wildman–Crippen LogP) is 4.92. The van der Waals surface area contributed by atoms with E-state index in [1.54, 1.807) is 81.4 Å². The molecule has 2 bridgehead atoms. The van der Waals surface area contributed by atoms with Gasteiger partial charge in [-0.1, -0.05) is 107 Å². The first-order valence-corrected chi connectivity index (χ1v) is 22.1. The molecule has 1 saturated heterocycles. The second kappa shape index (κ2) is 18.3. The molecule has 60 heavy (non-hydrogen) atoms. The van der Waals surface area contributed by atoms with E-state index in [1.165, 1.54) is 18.7 Å². The van der Waals surface area contributed by atoms with Gasteiger partial charge in [-0.05, 0) is 61.3 Å². The smallest absolute Gasteiger partial charge is 0.338 e. The number of ether oxygens (including phenoxy) is 4. The highest BCUT2D eigenvalue weighted by Crippen LogP contribution is 2.64. The molecule has 1 heterocycles. The van der Waals surface area contributed by atoms with Crippen molar-refractivity contribution in [3.63, 3.8) is 0 Å². The summed E-state index contributed by atoms with van der Waals surface area (Å²) in [5, 5.41) is 51.8. The van der Waals surface area contributed by atoms with E-state index < -0.39 is 94.7 Å². The summed E-state index contributed by atoms with van der Waals surface area (Å²) in [6, 6.07) is 15.4. The molecule has 0 spiro atoms. The van der Waals surface area contributed by atoms with Crippen LogP contribution in [0.2, 0.25) is 0 Å². The first kappa shape index (κ1) is 45.8. The zero-order chi connectivity index (χ0) is 43.6. The van der Waals surface area contributed by atoms with E-state index in [-0.39, 0.29) is 35.0 Å². The highest BCUT2D eigenvalue weighted by Gasteiger charge is 2.77. The molecule has 2 aromatic carbocycles. The molecule has 1 unspecified atom stereocenters. The summed E-state index contributed by atoms with van der Waals surface area (Å²) < 4.78 is 24.7. The maximum atomic E-state index is 15.0. The molecule has 2 saturated carbocycles. The number of ketones is 1. The number of thiocarbonyl (C=S) groups is 1. The Balaban J connectivity index is 1.37. The molecule has 4 aliphatic rings. The van der Waals surface area contributed by atoms with Crippen LogP contribution in [0.15, 0.2) is 71.8 Å². The molecule has 15 heteroatoms. The van der Waals surface area contributed by atoms with Gasteiger partial charge in [0.2, 0.25) is 4.38 Å². The third kappa shape index (κ3) is 8.07. The Hall–Kier alpha value is -3.70. The zero-order valence-corrected chi connectivity index (χ0v) is 36.3. The van der Waals surface area contributed by atoms with E-state index in [1.807, 2.05) is 0 Å². The molecule has 3 aliphatic carbocycles. The van der Waals surface area contributed by atoms with Crippen LogP contribution in [0, 0.1) is 16.7 Å². The number of fused-ring (bicyclic) bond motifs is 5. The van der Waals surface area contributed by atoms with E-state index in [4.69, 9.17) is 31.2 Å². The molecule has 13 nitrogen and oxygen atoms in total. The van der Waals surface area contributed by atoms with Crippen LogP contribution in [-0.4, -0.2) is 109 Å². The average molecular weight is 868 g/mol. The number of hydrogen-bond acceptors (Lipinski definition) is 14. The van der Waals surface area contributed by atoms with Gasteiger partial charge in [-0.15, -0.1) is 0 Å². The van der Waals surface area contributed by atoms with Gasteiger partial charge in [0, 0.05) is 29.6 Å². The van der Waals surface area contributed by atoms with Crippen LogP contribution in [0.25, 0.3) is 0 Å². The van der Waals surface area contributed by atoms with Crippen molar-refractivity contribution >= 4 is 52.5 Å². The second-order valence-corrected chi connectivity index (χ2v) is 18.9. The lowest BCUT2D eigenvalue weighted by atomic mass is 9.44. The molecule has 326 valence electrons. The predicted molar refractivity (Wildman–Crippen MR) is 227 cm³/mol. The van der Waals surface area contributed by atoms with Crippen LogP contribution in [0.3, 0.4) is 0 Å². The van der Waals surface area contributed by atoms with Crippen molar-refractivity contribution < 1.29 is 58.6 Å². The number of carbonyl (C=O) groups excluding carboxylic acids is 4. The maximum Gasteiger partial charge on any atom is 0.338 e. The normalized spacial score (nSPS) is 32.7. The van der Waals surface area contributed by atoms with E-state index in [9.17, 15) is 39.6 Å². The molecule has 11 atom stereocenters. The summed E-state index contributed by atoms with van der Waals surface area (Å²) in [6.07, 6.45) is -4.40. The van der Waals surface area contributed by atoms with E-state index >= 15 is 0 Å². The van der Waals surface area contributed by atoms with E-state index in [0.717, 1.165) is 32.1 Å². The van der Waals surface area contributed by atoms with Gasteiger partial charge < -0.3 is 44.7 Å². The highest BCUT2D eigenvalue weighted by molar-refractivity contribution is 8.22. The number of benzene rings is 2. The lowest BCUT2D eigenvalue weighted by molar-refractivity contribution is -0.337. The number of amides is 1. The number of nitrogens with one attached hydrogen (secondary N) is 1. The number of Topliss-reactive ketones (excluding diaryl/α,β-unsaturated/α-hetero) is 1. The number of carbonyl (C=O) groups is 4. The van der Waals surface area contributed by atoms with Crippen molar-refractivity contribution in [1.82, 2.24) is 5.32 Å². The number of hydrogen-bond donors (Lipinski definition) is 5. The van der Waals surface area contributed by atoms with E-state index in [0.29, 0.717) is 16.9 Å². The molecule has 1 amide bonds. The van der Waals surface area contributed by atoms with Gasteiger partial charge in [-0.25, -0.2) is 4.79 Å². The minimum Gasteiger partial charge on any atom is -0.466 e. The monoisotopic (exact) mass is 867 g/mol. The fraction of sp³-hybridized carbons (Fsp3) is 0.578. The number of unbranched alkanes of at least 4 members (excludes halogenated alkanes) is 4. The van der Waals surface area contributed by atoms with Crippen LogP contribution in [0.4, 0.5) is 0 Å². The standard InChI is InChI=1S/C45H57NO12S2/c1-6-7-8-9-16-21-60-41(59)58-44-24-55-31(44)22-30(48)43(5)36(44)38(56-25-47)45(54)23-29(26(2)32(42(45,3)4)34(49)37(43)51)57-40(53)35(50)33(27-17-12-10-13-18-27)46-39(52)28-19-14-11-15-20-28/h10-15,17-20,25,29-31,33-36,38,48-50,54H,6-9,16,21-24H2,1-5H3,(H,46,52)/t29-,30-,31?,33-,34+,35+,36-,38-,43+,44-,45+/m0/s1. The van der Waals surface area contributed by atoms with Crippen molar-refractivity contribution in [2.45, 2.75) is 133 Å². The number of thioether (sulfide) groups is 1. The third-order valence-corrected chi connectivity index (χ3v) is 14.8. The maximum absolute atomic E-state index is 15.0. The molecular weight excluding hydrogens is 811 g/mol. The van der Waals surface area contributed by atoms with Crippen molar-refractivity contribution in [1.29, 1.82) is 0 Å². The topological polar surface area (TPSA) is 198 Å². The van der Waals surface area contributed by atoms with Gasteiger partial charge in [-0.3, -0.25) is 14.4 Å². The molecule has 0 radical (unpaired) electrons. The molecule has 0 aromatic heterocycles. The Morgan fingerprint density at radius 3 is 2.30 bits per heavy atom. The lowest BCUT2D eigenvalue weighted by Crippen LogP contribution is -2.81.